The Hall–Kier alpha value is -1.69. The molecule has 3 heterocycles. The normalized spacial score (nSPS) is 20.2. The number of piperidine rings is 1. The third kappa shape index (κ3) is 3.94. The zero-order chi connectivity index (χ0) is 15.2. The lowest BCUT2D eigenvalue weighted by atomic mass is 10.1. The van der Waals surface area contributed by atoms with Crippen LogP contribution in [0.3, 0.4) is 0 Å². The number of carbonyl (C=O) groups is 1. The molecule has 2 aliphatic heterocycles. The van der Waals surface area contributed by atoms with Crippen LogP contribution in [0.1, 0.15) is 25.7 Å². The van der Waals surface area contributed by atoms with Gasteiger partial charge in [0.05, 0.1) is 0 Å². The van der Waals surface area contributed by atoms with E-state index in [2.05, 4.69) is 19.8 Å². The molecule has 2 fully saturated rings. The van der Waals surface area contributed by atoms with Crippen LogP contribution in [0.25, 0.3) is 0 Å². The maximum atomic E-state index is 12.3. The van der Waals surface area contributed by atoms with Crippen LogP contribution in [0.5, 0.6) is 0 Å². The number of hydrogen-bond acceptors (Lipinski definition) is 5. The third-order valence-corrected chi connectivity index (χ3v) is 4.56. The van der Waals surface area contributed by atoms with Crippen molar-refractivity contribution in [2.45, 2.75) is 25.7 Å². The minimum Gasteiger partial charge on any atom is -0.339 e. The molecule has 120 valence electrons. The molecule has 0 atom stereocenters. The molecular formula is C16H25N5O. The lowest BCUT2D eigenvalue weighted by Gasteiger charge is -2.35. The Labute approximate surface area is 132 Å². The van der Waals surface area contributed by atoms with Crippen LogP contribution in [0, 0.1) is 0 Å². The summed E-state index contributed by atoms with van der Waals surface area (Å²) in [5.41, 5.74) is 0. The first-order valence-electron chi connectivity index (χ1n) is 8.35. The first-order chi connectivity index (χ1) is 10.8. The lowest BCUT2D eigenvalue weighted by Crippen LogP contribution is -2.49. The van der Waals surface area contributed by atoms with Gasteiger partial charge in [-0.05, 0) is 32.0 Å². The van der Waals surface area contributed by atoms with E-state index in [0.29, 0.717) is 12.3 Å². The molecule has 1 aromatic heterocycles. The quantitative estimate of drug-likeness (QED) is 0.830. The summed E-state index contributed by atoms with van der Waals surface area (Å²) in [5, 5.41) is 0. The fraction of sp³-hybridized carbons (Fsp3) is 0.688. The Morgan fingerprint density at radius 2 is 1.64 bits per heavy atom. The van der Waals surface area contributed by atoms with Crippen molar-refractivity contribution in [3.8, 4) is 0 Å². The van der Waals surface area contributed by atoms with Crippen molar-refractivity contribution in [3.05, 3.63) is 18.5 Å². The van der Waals surface area contributed by atoms with Crippen molar-refractivity contribution < 1.29 is 4.79 Å². The SMILES string of the molecule is O=C(CCN1CCCCC1)N1CCN(c2ncccn2)CC1. The van der Waals surface area contributed by atoms with E-state index in [1.165, 1.54) is 19.3 Å². The summed E-state index contributed by atoms with van der Waals surface area (Å²) in [6.07, 6.45) is 8.08. The molecule has 2 aliphatic rings. The summed E-state index contributed by atoms with van der Waals surface area (Å²) in [7, 11) is 0. The molecule has 0 N–H and O–H groups in total. The molecule has 22 heavy (non-hydrogen) atoms. The van der Waals surface area contributed by atoms with E-state index in [0.717, 1.165) is 51.8 Å². The molecule has 2 saturated heterocycles. The maximum Gasteiger partial charge on any atom is 0.225 e. The van der Waals surface area contributed by atoms with Crippen LogP contribution in [-0.2, 0) is 4.79 Å². The standard InChI is InChI=1S/C16H25N5O/c22-15(5-10-19-8-2-1-3-9-19)20-11-13-21(14-12-20)16-17-6-4-7-18-16/h4,6-7H,1-3,5,8-14H2. The molecule has 0 aliphatic carbocycles. The Bertz CT molecular complexity index is 467. The van der Waals surface area contributed by atoms with E-state index in [1.54, 1.807) is 12.4 Å². The highest BCUT2D eigenvalue weighted by Gasteiger charge is 2.22. The van der Waals surface area contributed by atoms with E-state index in [1.807, 2.05) is 11.0 Å². The highest BCUT2D eigenvalue weighted by molar-refractivity contribution is 5.76. The number of hydrogen-bond donors (Lipinski definition) is 0. The molecule has 1 amide bonds. The number of aromatic nitrogens is 2. The minimum absolute atomic E-state index is 0.291. The minimum atomic E-state index is 0.291. The van der Waals surface area contributed by atoms with Crippen molar-refractivity contribution in [2.24, 2.45) is 0 Å². The second-order valence-corrected chi connectivity index (χ2v) is 6.07. The Morgan fingerprint density at radius 1 is 0.955 bits per heavy atom. The highest BCUT2D eigenvalue weighted by atomic mass is 16.2. The lowest BCUT2D eigenvalue weighted by molar-refractivity contribution is -0.131. The Balaban J connectivity index is 1.41. The van der Waals surface area contributed by atoms with Gasteiger partial charge in [-0.25, -0.2) is 9.97 Å². The summed E-state index contributed by atoms with van der Waals surface area (Å²) in [6, 6.07) is 1.82. The number of likely N-dealkylation sites (tertiary alicyclic amines) is 1. The second kappa shape index (κ2) is 7.54. The van der Waals surface area contributed by atoms with Gasteiger partial charge in [0, 0.05) is 51.5 Å². The van der Waals surface area contributed by atoms with Crippen molar-refractivity contribution in [3.63, 3.8) is 0 Å². The first kappa shape index (κ1) is 15.2. The number of amides is 1. The van der Waals surface area contributed by atoms with Gasteiger partial charge in [-0.1, -0.05) is 6.42 Å². The van der Waals surface area contributed by atoms with Crippen LogP contribution in [-0.4, -0.2) is 71.5 Å². The van der Waals surface area contributed by atoms with Gasteiger partial charge >= 0.3 is 0 Å². The predicted octanol–water partition coefficient (Wildman–Crippen LogP) is 1.00. The summed E-state index contributed by atoms with van der Waals surface area (Å²) < 4.78 is 0. The Kier molecular flexibility index (Phi) is 5.21. The maximum absolute atomic E-state index is 12.3. The van der Waals surface area contributed by atoms with Gasteiger partial charge in [0.1, 0.15) is 0 Å². The smallest absolute Gasteiger partial charge is 0.225 e. The Morgan fingerprint density at radius 3 is 2.32 bits per heavy atom. The molecule has 0 radical (unpaired) electrons. The molecular weight excluding hydrogens is 278 g/mol. The van der Waals surface area contributed by atoms with Gasteiger partial charge in [-0.2, -0.15) is 0 Å². The number of anilines is 1. The molecule has 0 saturated carbocycles. The van der Waals surface area contributed by atoms with E-state index < -0.39 is 0 Å². The van der Waals surface area contributed by atoms with Crippen LogP contribution >= 0.6 is 0 Å². The summed E-state index contributed by atoms with van der Waals surface area (Å²) in [5.74, 6) is 1.06. The number of rotatable bonds is 4. The van der Waals surface area contributed by atoms with E-state index in [-0.39, 0.29) is 0 Å². The largest absolute Gasteiger partial charge is 0.339 e. The zero-order valence-electron chi connectivity index (χ0n) is 13.2. The van der Waals surface area contributed by atoms with Crippen LogP contribution in [0.15, 0.2) is 18.5 Å². The summed E-state index contributed by atoms with van der Waals surface area (Å²) >= 11 is 0. The number of piperazine rings is 1. The molecule has 0 unspecified atom stereocenters. The molecule has 0 bridgehead atoms. The van der Waals surface area contributed by atoms with Gasteiger partial charge in [0.25, 0.3) is 0 Å². The average molecular weight is 303 g/mol. The van der Waals surface area contributed by atoms with Crippen molar-refractivity contribution in [1.29, 1.82) is 0 Å². The average Bonchev–Trinajstić information content (AvgIpc) is 2.61. The van der Waals surface area contributed by atoms with Gasteiger partial charge < -0.3 is 14.7 Å². The van der Waals surface area contributed by atoms with E-state index in [4.69, 9.17) is 0 Å². The predicted molar refractivity (Wildman–Crippen MR) is 85.7 cm³/mol. The van der Waals surface area contributed by atoms with Gasteiger partial charge in [0.15, 0.2) is 0 Å². The molecule has 1 aromatic rings. The monoisotopic (exact) mass is 303 g/mol. The summed E-state index contributed by atoms with van der Waals surface area (Å²) in [6.45, 7) is 6.42. The summed E-state index contributed by atoms with van der Waals surface area (Å²) in [4.78, 5) is 27.4. The van der Waals surface area contributed by atoms with Gasteiger partial charge in [-0.15, -0.1) is 0 Å². The molecule has 6 heteroatoms. The van der Waals surface area contributed by atoms with Crippen LogP contribution in [0.2, 0.25) is 0 Å². The van der Waals surface area contributed by atoms with Crippen molar-refractivity contribution in [2.75, 3.05) is 50.7 Å². The van der Waals surface area contributed by atoms with Gasteiger partial charge in [-0.3, -0.25) is 4.79 Å². The van der Waals surface area contributed by atoms with Gasteiger partial charge in [0.2, 0.25) is 11.9 Å². The van der Waals surface area contributed by atoms with E-state index >= 15 is 0 Å². The topological polar surface area (TPSA) is 52.6 Å². The fourth-order valence-electron chi connectivity index (χ4n) is 3.21. The first-order valence-corrected chi connectivity index (χ1v) is 8.35. The van der Waals surface area contributed by atoms with Crippen LogP contribution < -0.4 is 4.90 Å². The molecule has 3 rings (SSSR count). The van der Waals surface area contributed by atoms with Crippen molar-refractivity contribution in [1.82, 2.24) is 19.8 Å². The zero-order valence-corrected chi connectivity index (χ0v) is 13.2. The molecule has 0 aromatic carbocycles. The third-order valence-electron chi connectivity index (χ3n) is 4.56. The van der Waals surface area contributed by atoms with E-state index in [9.17, 15) is 4.79 Å². The second-order valence-electron chi connectivity index (χ2n) is 6.07. The fourth-order valence-corrected chi connectivity index (χ4v) is 3.21. The molecule has 0 spiro atoms. The number of carbonyl (C=O) groups excluding carboxylic acids is 1. The highest BCUT2D eigenvalue weighted by Crippen LogP contribution is 2.12. The molecule has 6 nitrogen and oxygen atoms in total. The van der Waals surface area contributed by atoms with Crippen molar-refractivity contribution >= 4 is 11.9 Å². The van der Waals surface area contributed by atoms with Crippen LogP contribution in [0.4, 0.5) is 5.95 Å². The number of nitrogens with zero attached hydrogens (tertiary/aromatic N) is 5.